The zero-order valence-corrected chi connectivity index (χ0v) is 20.9. The molecule has 0 N–H and O–H groups in total. The Kier molecular flexibility index (Phi) is 7.67. The first-order valence-corrected chi connectivity index (χ1v) is 13.8. The summed E-state index contributed by atoms with van der Waals surface area (Å²) in [6.45, 7) is 4.20. The molecule has 33 heavy (non-hydrogen) atoms. The first-order chi connectivity index (χ1) is 16.0. The topological polar surface area (TPSA) is 63.9 Å². The summed E-state index contributed by atoms with van der Waals surface area (Å²) in [7, 11) is -1.80. The molecule has 1 saturated heterocycles. The second-order valence-corrected chi connectivity index (χ2v) is 11.0. The van der Waals surface area contributed by atoms with E-state index in [0.717, 1.165) is 66.1 Å². The van der Waals surface area contributed by atoms with Crippen LogP contribution in [0, 0.1) is 0 Å². The van der Waals surface area contributed by atoms with Gasteiger partial charge < -0.3 is 9.30 Å². The number of thiazole rings is 1. The number of nitrogens with zero attached hydrogens (tertiary/aromatic N) is 3. The van der Waals surface area contributed by atoms with E-state index in [1.165, 1.54) is 0 Å². The zero-order valence-electron chi connectivity index (χ0n) is 19.2. The monoisotopic (exact) mass is 485 g/mol. The summed E-state index contributed by atoms with van der Waals surface area (Å²) in [6, 6.07) is 15.0. The molecule has 176 valence electrons. The highest BCUT2D eigenvalue weighted by Crippen LogP contribution is 2.26. The summed E-state index contributed by atoms with van der Waals surface area (Å²) in [5.41, 5.74) is 2.91. The number of hydrogen-bond donors (Lipinski definition) is 0. The zero-order chi connectivity index (χ0) is 23.3. The van der Waals surface area contributed by atoms with Crippen molar-refractivity contribution < 1.29 is 13.2 Å². The van der Waals surface area contributed by atoms with E-state index in [2.05, 4.69) is 16.9 Å². The van der Waals surface area contributed by atoms with Gasteiger partial charge in [-0.05, 0) is 61.2 Å². The Bertz CT molecular complexity index is 1220. The van der Waals surface area contributed by atoms with Gasteiger partial charge in [0, 0.05) is 25.0 Å². The van der Waals surface area contributed by atoms with E-state index >= 15 is 0 Å². The van der Waals surface area contributed by atoms with Crippen molar-refractivity contribution in [1.82, 2.24) is 8.87 Å². The van der Waals surface area contributed by atoms with Gasteiger partial charge in [0.15, 0.2) is 4.80 Å². The molecule has 0 amide bonds. The second kappa shape index (κ2) is 10.7. The molecule has 1 fully saturated rings. The van der Waals surface area contributed by atoms with E-state index in [9.17, 15) is 8.42 Å². The summed E-state index contributed by atoms with van der Waals surface area (Å²) in [5, 5.41) is 2.09. The molecule has 0 atom stereocenters. The predicted octanol–water partition coefficient (Wildman–Crippen LogP) is 5.43. The molecule has 6 nitrogen and oxygen atoms in total. The molecular formula is C25H31N3O3S2. The standard InChI is InChI=1S/C25H31N3O3S2/c1-3-16-28-24(19-32-25(28)26-21-10-12-22(31-2)13-11-21)20-8-14-23(15-9-20)33(29,30)27-17-6-4-5-7-18-27/h8-15,19H,3-7,16-18H2,1-2H3. The summed E-state index contributed by atoms with van der Waals surface area (Å²) in [5.74, 6) is 0.803. The van der Waals surface area contributed by atoms with Crippen molar-refractivity contribution in [3.8, 4) is 17.0 Å². The van der Waals surface area contributed by atoms with E-state index in [0.29, 0.717) is 18.0 Å². The Balaban J connectivity index is 1.64. The van der Waals surface area contributed by atoms with E-state index in [1.54, 1.807) is 34.9 Å². The molecule has 2 aromatic carbocycles. The van der Waals surface area contributed by atoms with Crippen molar-refractivity contribution in [3.63, 3.8) is 0 Å². The van der Waals surface area contributed by atoms with Gasteiger partial charge in [-0.1, -0.05) is 31.9 Å². The first kappa shape index (κ1) is 23.7. The number of aromatic nitrogens is 1. The molecule has 2 heterocycles. The van der Waals surface area contributed by atoms with Crippen molar-refractivity contribution in [1.29, 1.82) is 0 Å². The molecule has 1 aromatic heterocycles. The van der Waals surface area contributed by atoms with Gasteiger partial charge >= 0.3 is 0 Å². The average Bonchev–Trinajstić information content (AvgIpc) is 3.03. The van der Waals surface area contributed by atoms with Crippen LogP contribution in [0.5, 0.6) is 5.75 Å². The second-order valence-electron chi connectivity index (χ2n) is 8.21. The van der Waals surface area contributed by atoms with Crippen LogP contribution in [0.25, 0.3) is 11.3 Å². The molecule has 0 bridgehead atoms. The lowest BCUT2D eigenvalue weighted by atomic mass is 10.2. The van der Waals surface area contributed by atoms with Crippen LogP contribution in [0.4, 0.5) is 5.69 Å². The molecule has 4 rings (SSSR count). The number of ether oxygens (including phenoxy) is 1. The highest BCUT2D eigenvalue weighted by Gasteiger charge is 2.25. The Labute approximate surface area is 200 Å². The Morgan fingerprint density at radius 2 is 1.64 bits per heavy atom. The quantitative estimate of drug-likeness (QED) is 0.448. The lowest BCUT2D eigenvalue weighted by Crippen LogP contribution is -2.31. The van der Waals surface area contributed by atoms with E-state index in [-0.39, 0.29) is 0 Å². The lowest BCUT2D eigenvalue weighted by molar-refractivity contribution is 0.415. The molecular weight excluding hydrogens is 454 g/mol. The fourth-order valence-corrected chi connectivity index (χ4v) is 6.56. The molecule has 0 aliphatic carbocycles. The van der Waals surface area contributed by atoms with Gasteiger partial charge in [0.05, 0.1) is 23.4 Å². The van der Waals surface area contributed by atoms with Crippen LogP contribution in [0.15, 0.2) is 63.8 Å². The third kappa shape index (κ3) is 5.39. The van der Waals surface area contributed by atoms with E-state index < -0.39 is 10.0 Å². The molecule has 0 unspecified atom stereocenters. The number of sulfonamides is 1. The maximum Gasteiger partial charge on any atom is 0.243 e. The smallest absolute Gasteiger partial charge is 0.243 e. The van der Waals surface area contributed by atoms with Crippen molar-refractivity contribution in [2.45, 2.75) is 50.5 Å². The van der Waals surface area contributed by atoms with Crippen molar-refractivity contribution in [2.24, 2.45) is 4.99 Å². The fourth-order valence-electron chi connectivity index (χ4n) is 4.09. The largest absolute Gasteiger partial charge is 0.497 e. The average molecular weight is 486 g/mol. The van der Waals surface area contributed by atoms with Gasteiger partial charge in [-0.25, -0.2) is 13.4 Å². The van der Waals surface area contributed by atoms with Crippen molar-refractivity contribution in [3.05, 3.63) is 58.7 Å². The number of methoxy groups -OCH3 is 1. The first-order valence-electron chi connectivity index (χ1n) is 11.5. The highest BCUT2D eigenvalue weighted by atomic mass is 32.2. The molecule has 3 aromatic rings. The van der Waals surface area contributed by atoms with Crippen LogP contribution in [0.1, 0.15) is 39.0 Å². The Hall–Kier alpha value is -2.42. The van der Waals surface area contributed by atoms with E-state index in [1.807, 2.05) is 36.4 Å². The molecule has 1 aliphatic heterocycles. The van der Waals surface area contributed by atoms with Gasteiger partial charge in [-0.15, -0.1) is 11.3 Å². The molecule has 0 spiro atoms. The number of benzene rings is 2. The SMILES string of the molecule is CCCn1c(-c2ccc(S(=O)(=O)N3CCCCCC3)cc2)csc1=Nc1ccc(OC)cc1. The molecule has 0 saturated carbocycles. The normalized spacial score (nSPS) is 16.0. The van der Waals surface area contributed by atoms with Gasteiger partial charge in [-0.2, -0.15) is 4.31 Å². The van der Waals surface area contributed by atoms with Gasteiger partial charge in [0.25, 0.3) is 0 Å². The van der Waals surface area contributed by atoms with Crippen molar-refractivity contribution >= 4 is 27.0 Å². The van der Waals surface area contributed by atoms with Crippen LogP contribution in [-0.2, 0) is 16.6 Å². The predicted molar refractivity (Wildman–Crippen MR) is 133 cm³/mol. The van der Waals surface area contributed by atoms with Crippen LogP contribution >= 0.6 is 11.3 Å². The molecule has 0 radical (unpaired) electrons. The third-order valence-electron chi connectivity index (χ3n) is 5.89. The highest BCUT2D eigenvalue weighted by molar-refractivity contribution is 7.89. The minimum absolute atomic E-state index is 0.369. The van der Waals surface area contributed by atoms with Crippen LogP contribution in [0.3, 0.4) is 0 Å². The Morgan fingerprint density at radius 3 is 2.24 bits per heavy atom. The third-order valence-corrected chi connectivity index (χ3v) is 8.67. The van der Waals surface area contributed by atoms with Crippen LogP contribution in [-0.4, -0.2) is 37.5 Å². The summed E-state index contributed by atoms with van der Waals surface area (Å²) < 4.78 is 35.3. The molecule has 8 heteroatoms. The fraction of sp³-hybridized carbons (Fsp3) is 0.400. The minimum Gasteiger partial charge on any atom is -0.497 e. The minimum atomic E-state index is -3.45. The summed E-state index contributed by atoms with van der Waals surface area (Å²) >= 11 is 1.59. The van der Waals surface area contributed by atoms with Crippen LogP contribution in [0.2, 0.25) is 0 Å². The molecule has 1 aliphatic rings. The van der Waals surface area contributed by atoms with Gasteiger partial charge in [-0.3, -0.25) is 0 Å². The number of hydrogen-bond acceptors (Lipinski definition) is 5. The Morgan fingerprint density at radius 1 is 0.970 bits per heavy atom. The van der Waals surface area contributed by atoms with Gasteiger partial charge in [0.2, 0.25) is 10.0 Å². The maximum atomic E-state index is 13.1. The van der Waals surface area contributed by atoms with Crippen LogP contribution < -0.4 is 9.54 Å². The number of rotatable bonds is 7. The maximum absolute atomic E-state index is 13.1. The van der Waals surface area contributed by atoms with Crippen molar-refractivity contribution in [2.75, 3.05) is 20.2 Å². The summed E-state index contributed by atoms with van der Waals surface area (Å²) in [4.78, 5) is 6.12. The summed E-state index contributed by atoms with van der Waals surface area (Å²) in [6.07, 6.45) is 5.04. The van der Waals surface area contributed by atoms with Gasteiger partial charge in [0.1, 0.15) is 5.75 Å². The van der Waals surface area contributed by atoms with E-state index in [4.69, 9.17) is 9.73 Å². The lowest BCUT2D eigenvalue weighted by Gasteiger charge is -2.20.